The van der Waals surface area contributed by atoms with Crippen LogP contribution in [0, 0.1) is 5.92 Å². The Morgan fingerprint density at radius 2 is 1.79 bits per heavy atom. The average molecular weight is 201 g/mol. The summed E-state index contributed by atoms with van der Waals surface area (Å²) in [4.78, 5) is 5.32. The van der Waals surface area contributed by atoms with Gasteiger partial charge in [-0.15, -0.1) is 0 Å². The Morgan fingerprint density at radius 3 is 2.36 bits per heavy atom. The molecule has 1 atom stereocenters. The zero-order valence-electron chi connectivity index (χ0n) is 8.43. The fourth-order valence-electron chi connectivity index (χ4n) is 2.27. The van der Waals surface area contributed by atoms with Gasteiger partial charge in [-0.2, -0.15) is 5.06 Å². The van der Waals surface area contributed by atoms with E-state index in [2.05, 4.69) is 0 Å². The predicted octanol–water partition coefficient (Wildman–Crippen LogP) is 0.146. The van der Waals surface area contributed by atoms with Gasteiger partial charge in [-0.25, -0.2) is 0 Å². The van der Waals surface area contributed by atoms with Crippen molar-refractivity contribution in [3.05, 3.63) is 0 Å². The Kier molecular flexibility index (Phi) is 3.38. The van der Waals surface area contributed by atoms with Gasteiger partial charge >= 0.3 is 0 Å². The maximum atomic E-state index is 9.35. The van der Waals surface area contributed by atoms with Gasteiger partial charge in [-0.05, 0) is 31.6 Å². The Hall–Kier alpha value is -0.160. The van der Waals surface area contributed by atoms with E-state index in [-0.39, 0.29) is 12.2 Å². The molecule has 1 saturated carbocycles. The van der Waals surface area contributed by atoms with E-state index in [1.54, 1.807) is 0 Å². The third kappa shape index (κ3) is 2.67. The minimum atomic E-state index is -0.316. The lowest BCUT2D eigenvalue weighted by Gasteiger charge is -2.28. The molecular weight excluding hydrogens is 182 g/mol. The summed E-state index contributed by atoms with van der Waals surface area (Å²) < 4.78 is 0. The van der Waals surface area contributed by atoms with Crippen molar-refractivity contribution in [3.8, 4) is 0 Å². The zero-order valence-corrected chi connectivity index (χ0v) is 8.43. The Bertz CT molecular complexity index is 180. The average Bonchev–Trinajstić information content (AvgIpc) is 2.56. The summed E-state index contributed by atoms with van der Waals surface area (Å²) in [6.45, 7) is 1.98. The molecule has 4 nitrogen and oxygen atoms in total. The molecule has 1 aliphatic heterocycles. The van der Waals surface area contributed by atoms with Crippen molar-refractivity contribution in [1.82, 2.24) is 5.06 Å². The van der Waals surface area contributed by atoms with E-state index in [9.17, 15) is 10.2 Å². The molecule has 2 N–H and O–H groups in total. The predicted molar refractivity (Wildman–Crippen MR) is 51.5 cm³/mol. The highest BCUT2D eigenvalue weighted by molar-refractivity contribution is 4.75. The third-order valence-corrected chi connectivity index (χ3v) is 3.14. The summed E-state index contributed by atoms with van der Waals surface area (Å²) >= 11 is 0. The maximum absolute atomic E-state index is 9.35. The second-order valence-corrected chi connectivity index (χ2v) is 4.47. The number of aliphatic hydroxyl groups is 2. The van der Waals surface area contributed by atoms with E-state index in [4.69, 9.17) is 4.84 Å². The van der Waals surface area contributed by atoms with Crippen LogP contribution in [-0.2, 0) is 4.84 Å². The van der Waals surface area contributed by atoms with E-state index in [1.807, 2.05) is 5.06 Å². The number of hydrogen-bond donors (Lipinski definition) is 2. The van der Waals surface area contributed by atoms with E-state index in [1.165, 1.54) is 0 Å². The molecule has 1 aliphatic carbocycles. The van der Waals surface area contributed by atoms with Crippen LogP contribution in [0.3, 0.4) is 0 Å². The molecule has 2 aliphatic rings. The van der Waals surface area contributed by atoms with E-state index in [0.717, 1.165) is 32.2 Å². The summed E-state index contributed by atoms with van der Waals surface area (Å²) in [5.74, 6) is 0.628. The standard InChI is InChI=1S/C10H19NO3/c12-9-3-1-8(2-4-9)5-11-6-10(13)7-14-11/h8-10,12-13H,1-7H2/t8?,9?,10-/m1/s1. The molecule has 1 saturated heterocycles. The molecule has 0 aromatic rings. The van der Waals surface area contributed by atoms with Crippen LogP contribution >= 0.6 is 0 Å². The molecule has 0 unspecified atom stereocenters. The van der Waals surface area contributed by atoms with Gasteiger partial charge in [0.15, 0.2) is 0 Å². The van der Waals surface area contributed by atoms with Crippen molar-refractivity contribution in [2.45, 2.75) is 37.9 Å². The van der Waals surface area contributed by atoms with Crippen LogP contribution in [0.1, 0.15) is 25.7 Å². The highest BCUT2D eigenvalue weighted by Crippen LogP contribution is 2.25. The molecule has 4 heteroatoms. The van der Waals surface area contributed by atoms with Gasteiger partial charge in [0.25, 0.3) is 0 Å². The number of rotatable bonds is 2. The normalized spacial score (nSPS) is 40.3. The zero-order chi connectivity index (χ0) is 9.97. The molecule has 82 valence electrons. The first-order chi connectivity index (χ1) is 6.74. The lowest BCUT2D eigenvalue weighted by atomic mass is 9.87. The number of aliphatic hydroxyl groups excluding tert-OH is 2. The Balaban J connectivity index is 1.70. The lowest BCUT2D eigenvalue weighted by molar-refractivity contribution is -0.122. The van der Waals surface area contributed by atoms with Crippen LogP contribution in [0.2, 0.25) is 0 Å². The minimum Gasteiger partial charge on any atom is -0.393 e. The first-order valence-corrected chi connectivity index (χ1v) is 5.48. The second kappa shape index (κ2) is 4.57. The molecule has 14 heavy (non-hydrogen) atoms. The van der Waals surface area contributed by atoms with Gasteiger partial charge in [-0.3, -0.25) is 4.84 Å². The summed E-state index contributed by atoms with van der Waals surface area (Å²) in [7, 11) is 0. The van der Waals surface area contributed by atoms with Crippen LogP contribution < -0.4 is 0 Å². The fraction of sp³-hybridized carbons (Fsp3) is 1.00. The summed E-state index contributed by atoms with van der Waals surface area (Å²) in [5.41, 5.74) is 0. The Morgan fingerprint density at radius 1 is 1.07 bits per heavy atom. The molecule has 1 heterocycles. The van der Waals surface area contributed by atoms with Gasteiger partial charge in [0, 0.05) is 6.54 Å². The largest absolute Gasteiger partial charge is 0.393 e. The highest BCUT2D eigenvalue weighted by Gasteiger charge is 2.26. The van der Waals surface area contributed by atoms with Crippen molar-refractivity contribution in [3.63, 3.8) is 0 Å². The van der Waals surface area contributed by atoms with Gasteiger partial charge in [-0.1, -0.05) is 0 Å². The summed E-state index contributed by atoms with van der Waals surface area (Å²) in [5, 5.41) is 20.5. The molecular formula is C10H19NO3. The van der Waals surface area contributed by atoms with Crippen LogP contribution in [0.25, 0.3) is 0 Å². The number of nitrogens with zero attached hydrogens (tertiary/aromatic N) is 1. The number of hydroxylamine groups is 2. The van der Waals surface area contributed by atoms with E-state index in [0.29, 0.717) is 19.1 Å². The molecule has 0 aromatic heterocycles. The monoisotopic (exact) mass is 201 g/mol. The fourth-order valence-corrected chi connectivity index (χ4v) is 2.27. The van der Waals surface area contributed by atoms with Gasteiger partial charge in [0.2, 0.25) is 0 Å². The smallest absolute Gasteiger partial charge is 0.0958 e. The van der Waals surface area contributed by atoms with Crippen molar-refractivity contribution in [2.75, 3.05) is 19.7 Å². The van der Waals surface area contributed by atoms with Crippen molar-refractivity contribution in [1.29, 1.82) is 0 Å². The quantitative estimate of drug-likeness (QED) is 0.667. The molecule has 2 rings (SSSR count). The number of β-amino-alcohol motifs (C(OH)–C–C–N with tert-alkyl or cyclic N) is 1. The van der Waals surface area contributed by atoms with Crippen LogP contribution in [0.15, 0.2) is 0 Å². The molecule has 2 fully saturated rings. The van der Waals surface area contributed by atoms with E-state index < -0.39 is 0 Å². The highest BCUT2D eigenvalue weighted by atomic mass is 16.7. The molecule has 0 radical (unpaired) electrons. The van der Waals surface area contributed by atoms with Gasteiger partial charge < -0.3 is 10.2 Å². The minimum absolute atomic E-state index is 0.0867. The van der Waals surface area contributed by atoms with Crippen LogP contribution in [0.5, 0.6) is 0 Å². The first kappa shape index (κ1) is 10.4. The third-order valence-electron chi connectivity index (χ3n) is 3.14. The van der Waals surface area contributed by atoms with Crippen LogP contribution in [0.4, 0.5) is 0 Å². The van der Waals surface area contributed by atoms with Gasteiger partial charge in [0.05, 0.1) is 25.4 Å². The Labute approximate surface area is 84.4 Å². The van der Waals surface area contributed by atoms with E-state index >= 15 is 0 Å². The maximum Gasteiger partial charge on any atom is 0.0958 e. The van der Waals surface area contributed by atoms with Gasteiger partial charge in [0.1, 0.15) is 0 Å². The SMILES string of the molecule is OC1CCC(CN2C[C@@H](O)CO2)CC1. The van der Waals surface area contributed by atoms with Crippen LogP contribution in [-0.4, -0.2) is 47.2 Å². The molecule has 0 amide bonds. The molecule has 0 bridgehead atoms. The number of hydrogen-bond acceptors (Lipinski definition) is 4. The summed E-state index contributed by atoms with van der Waals surface area (Å²) in [6.07, 6.45) is 3.59. The molecule has 0 spiro atoms. The molecule has 0 aromatic carbocycles. The van der Waals surface area contributed by atoms with Crippen molar-refractivity contribution < 1.29 is 15.1 Å². The summed E-state index contributed by atoms with van der Waals surface area (Å²) in [6, 6.07) is 0. The lowest BCUT2D eigenvalue weighted by Crippen LogP contribution is -2.30. The first-order valence-electron chi connectivity index (χ1n) is 5.48. The topological polar surface area (TPSA) is 52.9 Å². The second-order valence-electron chi connectivity index (χ2n) is 4.47. The van der Waals surface area contributed by atoms with Crippen molar-refractivity contribution in [2.24, 2.45) is 5.92 Å². The van der Waals surface area contributed by atoms with Crippen molar-refractivity contribution >= 4 is 0 Å².